The van der Waals surface area contributed by atoms with Gasteiger partial charge in [-0.3, -0.25) is 14.6 Å². The fraction of sp³-hybridized carbons (Fsp3) is 0.812. The molecule has 0 spiro atoms. The Morgan fingerprint density at radius 1 is 1.13 bits per heavy atom. The Labute approximate surface area is 137 Å². The van der Waals surface area contributed by atoms with Crippen molar-refractivity contribution in [2.24, 2.45) is 7.05 Å². The number of aliphatic carboxylic acids is 1. The number of hydrogen-bond acceptors (Lipinski definition) is 5. The normalized spacial score (nSPS) is 24.0. The van der Waals surface area contributed by atoms with Gasteiger partial charge in [-0.1, -0.05) is 6.42 Å². The molecule has 0 unspecified atom stereocenters. The highest BCUT2D eigenvalue weighted by Gasteiger charge is 2.27. The third kappa shape index (κ3) is 4.09. The largest absolute Gasteiger partial charge is 0.480 e. The second-order valence-corrected chi connectivity index (χ2v) is 6.84. The first-order valence-corrected chi connectivity index (χ1v) is 8.68. The number of likely N-dealkylation sites (tertiary alicyclic amines) is 2. The van der Waals surface area contributed by atoms with Crippen molar-refractivity contribution in [2.75, 3.05) is 32.7 Å². The zero-order valence-corrected chi connectivity index (χ0v) is 13.9. The molecular weight excluding hydrogens is 294 g/mol. The van der Waals surface area contributed by atoms with Gasteiger partial charge in [-0.15, -0.1) is 10.2 Å². The van der Waals surface area contributed by atoms with E-state index in [1.165, 1.54) is 19.3 Å². The summed E-state index contributed by atoms with van der Waals surface area (Å²) in [5.74, 6) is 1.56. The molecule has 0 aliphatic carbocycles. The number of carboxylic acids is 1. The number of carbonyl (C=O) groups is 1. The van der Waals surface area contributed by atoms with E-state index >= 15 is 0 Å². The molecule has 1 aromatic rings. The number of hydrogen-bond donors (Lipinski definition) is 1. The Balaban J connectivity index is 1.64. The van der Waals surface area contributed by atoms with Crippen LogP contribution in [0.5, 0.6) is 0 Å². The molecule has 23 heavy (non-hydrogen) atoms. The predicted molar refractivity (Wildman–Crippen MR) is 86.2 cm³/mol. The molecule has 3 rings (SSSR count). The smallest absolute Gasteiger partial charge is 0.317 e. The average Bonchev–Trinajstić information content (AvgIpc) is 2.89. The maximum atomic E-state index is 10.9. The molecule has 0 amide bonds. The van der Waals surface area contributed by atoms with Gasteiger partial charge in [0, 0.05) is 19.5 Å². The van der Waals surface area contributed by atoms with Crippen molar-refractivity contribution in [3.63, 3.8) is 0 Å². The van der Waals surface area contributed by atoms with E-state index in [9.17, 15) is 4.79 Å². The van der Waals surface area contributed by atoms with Crippen LogP contribution in [0.2, 0.25) is 0 Å². The molecule has 1 atom stereocenters. The van der Waals surface area contributed by atoms with Crippen molar-refractivity contribution < 1.29 is 9.90 Å². The molecule has 2 fully saturated rings. The molecule has 128 valence electrons. The van der Waals surface area contributed by atoms with Crippen LogP contribution >= 0.6 is 0 Å². The van der Waals surface area contributed by atoms with Crippen molar-refractivity contribution in [3.05, 3.63) is 11.6 Å². The van der Waals surface area contributed by atoms with Gasteiger partial charge in [0.05, 0.1) is 13.1 Å². The van der Waals surface area contributed by atoms with Crippen molar-refractivity contribution in [2.45, 2.75) is 44.6 Å². The van der Waals surface area contributed by atoms with Gasteiger partial charge in [-0.05, 0) is 45.3 Å². The molecule has 1 aromatic heterocycles. The van der Waals surface area contributed by atoms with E-state index in [0.29, 0.717) is 0 Å². The van der Waals surface area contributed by atoms with Crippen LogP contribution in [0.4, 0.5) is 0 Å². The first-order valence-electron chi connectivity index (χ1n) is 8.68. The number of piperidine rings is 2. The topological polar surface area (TPSA) is 74.5 Å². The minimum absolute atomic E-state index is 0.120. The maximum absolute atomic E-state index is 10.9. The molecule has 1 N–H and O–H groups in total. The van der Waals surface area contributed by atoms with Gasteiger partial charge in [-0.25, -0.2) is 0 Å². The van der Waals surface area contributed by atoms with Crippen LogP contribution in [0.15, 0.2) is 0 Å². The predicted octanol–water partition coefficient (Wildman–Crippen LogP) is 1.06. The van der Waals surface area contributed by atoms with Crippen LogP contribution in [0.25, 0.3) is 0 Å². The molecule has 2 aliphatic rings. The summed E-state index contributed by atoms with van der Waals surface area (Å²) in [6, 6.07) is 0. The molecule has 0 radical (unpaired) electrons. The molecule has 7 heteroatoms. The van der Waals surface area contributed by atoms with Gasteiger partial charge < -0.3 is 9.67 Å². The van der Waals surface area contributed by atoms with Gasteiger partial charge in [-0.2, -0.15) is 0 Å². The summed E-state index contributed by atoms with van der Waals surface area (Å²) in [4.78, 5) is 15.4. The first kappa shape index (κ1) is 16.4. The summed E-state index contributed by atoms with van der Waals surface area (Å²) in [5, 5.41) is 17.8. The summed E-state index contributed by atoms with van der Waals surface area (Å²) in [5.41, 5.74) is 0. The Bertz CT molecular complexity index is 539. The van der Waals surface area contributed by atoms with Crippen molar-refractivity contribution in [1.82, 2.24) is 24.6 Å². The summed E-state index contributed by atoms with van der Waals surface area (Å²) in [7, 11) is 2.05. The molecule has 0 bridgehead atoms. The monoisotopic (exact) mass is 321 g/mol. The lowest BCUT2D eigenvalue weighted by Gasteiger charge is -2.31. The van der Waals surface area contributed by atoms with Crippen LogP contribution in [0.1, 0.15) is 49.7 Å². The van der Waals surface area contributed by atoms with Gasteiger partial charge in [0.1, 0.15) is 11.6 Å². The van der Waals surface area contributed by atoms with E-state index < -0.39 is 5.97 Å². The second kappa shape index (κ2) is 7.40. The zero-order chi connectivity index (χ0) is 16.2. The Morgan fingerprint density at radius 2 is 1.87 bits per heavy atom. The van der Waals surface area contributed by atoms with E-state index in [1.807, 2.05) is 11.9 Å². The third-order valence-electron chi connectivity index (χ3n) is 5.04. The molecule has 7 nitrogen and oxygen atoms in total. The molecule has 0 saturated carbocycles. The minimum atomic E-state index is -0.755. The zero-order valence-electron chi connectivity index (χ0n) is 13.9. The van der Waals surface area contributed by atoms with Gasteiger partial charge >= 0.3 is 5.97 Å². The summed E-state index contributed by atoms with van der Waals surface area (Å²) in [6.07, 6.45) is 5.97. The van der Waals surface area contributed by atoms with Crippen LogP contribution in [0.3, 0.4) is 0 Å². The number of aromatic nitrogens is 3. The summed E-state index contributed by atoms with van der Waals surface area (Å²) in [6.45, 7) is 4.92. The molecule has 0 aromatic carbocycles. The lowest BCUT2D eigenvalue weighted by Crippen LogP contribution is -2.38. The van der Waals surface area contributed by atoms with E-state index in [0.717, 1.165) is 57.2 Å². The Hall–Kier alpha value is -1.47. The lowest BCUT2D eigenvalue weighted by molar-refractivity contribution is -0.138. The number of nitrogens with zero attached hydrogens (tertiary/aromatic N) is 5. The fourth-order valence-corrected chi connectivity index (χ4v) is 3.79. The van der Waals surface area contributed by atoms with Crippen LogP contribution in [-0.2, 0) is 18.4 Å². The van der Waals surface area contributed by atoms with E-state index in [2.05, 4.69) is 19.7 Å². The van der Waals surface area contributed by atoms with Crippen molar-refractivity contribution >= 4 is 5.97 Å². The lowest BCUT2D eigenvalue weighted by atomic mass is 9.97. The van der Waals surface area contributed by atoms with Crippen LogP contribution in [0, 0.1) is 0 Å². The number of carboxylic acid groups (broad SMARTS) is 1. The van der Waals surface area contributed by atoms with Crippen molar-refractivity contribution in [1.29, 1.82) is 0 Å². The number of rotatable bonds is 5. The summed E-state index contributed by atoms with van der Waals surface area (Å²) >= 11 is 0. The average molecular weight is 321 g/mol. The first-order chi connectivity index (χ1) is 11.1. The van der Waals surface area contributed by atoms with E-state index in [-0.39, 0.29) is 12.5 Å². The van der Waals surface area contributed by atoms with E-state index in [4.69, 9.17) is 5.11 Å². The van der Waals surface area contributed by atoms with Gasteiger partial charge in [0.15, 0.2) is 0 Å². The highest BCUT2D eigenvalue weighted by Crippen LogP contribution is 2.26. The third-order valence-corrected chi connectivity index (χ3v) is 5.04. The van der Waals surface area contributed by atoms with Crippen molar-refractivity contribution in [3.8, 4) is 0 Å². The SMILES string of the molecule is Cn1c(CN2CCCCC2)nnc1[C@@H]1CCCN(CC(=O)O)C1. The standard InChI is InChI=1S/C16H27N5O2/c1-19-14(11-20-7-3-2-4-8-20)17-18-16(19)13-6-5-9-21(10-13)12-15(22)23/h13H,2-12H2,1H3,(H,22,23)/t13-/m1/s1. The molecule has 3 heterocycles. The van der Waals surface area contributed by atoms with E-state index in [1.54, 1.807) is 0 Å². The second-order valence-electron chi connectivity index (χ2n) is 6.84. The Morgan fingerprint density at radius 3 is 2.61 bits per heavy atom. The van der Waals surface area contributed by atoms with Crippen LogP contribution in [-0.4, -0.2) is 68.4 Å². The fourth-order valence-electron chi connectivity index (χ4n) is 3.79. The molecular formula is C16H27N5O2. The van der Waals surface area contributed by atoms with Crippen LogP contribution < -0.4 is 0 Å². The van der Waals surface area contributed by atoms with Gasteiger partial charge in [0.25, 0.3) is 0 Å². The van der Waals surface area contributed by atoms with Gasteiger partial charge in [0.2, 0.25) is 0 Å². The molecule has 2 saturated heterocycles. The highest BCUT2D eigenvalue weighted by molar-refractivity contribution is 5.69. The highest BCUT2D eigenvalue weighted by atomic mass is 16.4. The Kier molecular flexibility index (Phi) is 5.27. The quantitative estimate of drug-likeness (QED) is 0.874. The summed E-state index contributed by atoms with van der Waals surface area (Å²) < 4.78 is 2.13. The minimum Gasteiger partial charge on any atom is -0.480 e. The maximum Gasteiger partial charge on any atom is 0.317 e. The molecule has 2 aliphatic heterocycles.